The van der Waals surface area contributed by atoms with Crippen LogP contribution in [-0.2, 0) is 28.5 Å². The second-order valence-electron chi connectivity index (χ2n) is 8.52. The van der Waals surface area contributed by atoms with E-state index in [2.05, 4.69) is 10.6 Å². The summed E-state index contributed by atoms with van der Waals surface area (Å²) in [5.41, 5.74) is -1.95. The number of halogens is 6. The summed E-state index contributed by atoms with van der Waals surface area (Å²) < 4.78 is 79.6. The van der Waals surface area contributed by atoms with Crippen molar-refractivity contribution >= 4 is 17.8 Å². The van der Waals surface area contributed by atoms with E-state index in [0.29, 0.717) is 0 Å². The monoisotopic (exact) mass is 526 g/mol. The lowest BCUT2D eigenvalue weighted by Crippen LogP contribution is -2.45. The van der Waals surface area contributed by atoms with Crippen LogP contribution in [0.3, 0.4) is 0 Å². The Labute approximate surface area is 206 Å². The second kappa shape index (κ2) is 9.45. The van der Waals surface area contributed by atoms with E-state index in [-0.39, 0.29) is 35.5 Å². The summed E-state index contributed by atoms with van der Waals surface area (Å²) in [7, 11) is 1.35. The molecule has 37 heavy (non-hydrogen) atoms. The summed E-state index contributed by atoms with van der Waals surface area (Å²) in [6.07, 6.45) is -9.29. The molecule has 2 N–H and O–H groups in total. The Morgan fingerprint density at radius 1 is 1.03 bits per heavy atom. The van der Waals surface area contributed by atoms with Gasteiger partial charge in [-0.15, -0.1) is 0 Å². The first-order valence-corrected chi connectivity index (χ1v) is 10.9. The van der Waals surface area contributed by atoms with E-state index in [1.807, 2.05) is 0 Å². The molecule has 0 saturated carbocycles. The van der Waals surface area contributed by atoms with E-state index in [4.69, 9.17) is 0 Å². The van der Waals surface area contributed by atoms with E-state index >= 15 is 0 Å². The molecule has 0 aliphatic carbocycles. The van der Waals surface area contributed by atoms with E-state index in [1.54, 1.807) is 0 Å². The highest BCUT2D eigenvalue weighted by atomic mass is 19.4. The summed E-state index contributed by atoms with van der Waals surface area (Å²) >= 11 is 0. The number of rotatable bonds is 5. The minimum absolute atomic E-state index is 0.0931. The fourth-order valence-corrected chi connectivity index (χ4v) is 4.28. The third kappa shape index (κ3) is 5.25. The van der Waals surface area contributed by atoms with E-state index < -0.39 is 53.9 Å². The van der Waals surface area contributed by atoms with Crippen molar-refractivity contribution in [3.63, 3.8) is 0 Å². The van der Waals surface area contributed by atoms with Crippen molar-refractivity contribution in [1.82, 2.24) is 20.4 Å². The Morgan fingerprint density at radius 2 is 1.73 bits per heavy atom. The molecule has 0 fully saturated rings. The number of benzene rings is 2. The van der Waals surface area contributed by atoms with Crippen molar-refractivity contribution in [1.29, 1.82) is 0 Å². The standard InChI is InChI=1S/C24H20F6N4O3/c1-33-17-11-34(12-18(35)31-10-13-5-4-6-14(9-13)23(25,26)27)21(36)19(17)20(32-22(33)37)15-7-2-3-8-16(15)24(28,29)30/h2-9,20H,10-12H2,1H3,(H,31,35)(H,32,37)/t20-/m0/s1. The third-order valence-electron chi connectivity index (χ3n) is 6.09. The molecule has 0 saturated heterocycles. The maximum absolute atomic E-state index is 13.6. The zero-order valence-electron chi connectivity index (χ0n) is 19.2. The zero-order chi connectivity index (χ0) is 27.1. The summed E-state index contributed by atoms with van der Waals surface area (Å²) in [6, 6.07) is 6.83. The second-order valence-corrected chi connectivity index (χ2v) is 8.52. The summed E-state index contributed by atoms with van der Waals surface area (Å²) in [4.78, 5) is 40.3. The number of carbonyl (C=O) groups is 3. The molecule has 2 aliphatic rings. The van der Waals surface area contributed by atoms with Crippen molar-refractivity contribution < 1.29 is 40.7 Å². The van der Waals surface area contributed by atoms with E-state index in [9.17, 15) is 40.7 Å². The first kappa shape index (κ1) is 26.0. The minimum Gasteiger partial charge on any atom is -0.350 e. The molecule has 2 aromatic rings. The summed E-state index contributed by atoms with van der Waals surface area (Å²) in [6.45, 7) is -0.959. The summed E-state index contributed by atoms with van der Waals surface area (Å²) in [5, 5.41) is 4.86. The highest BCUT2D eigenvalue weighted by Crippen LogP contribution is 2.41. The van der Waals surface area contributed by atoms with Gasteiger partial charge in [0.05, 0.1) is 35.0 Å². The van der Waals surface area contributed by atoms with Gasteiger partial charge in [-0.05, 0) is 29.3 Å². The van der Waals surface area contributed by atoms with Gasteiger partial charge in [0.25, 0.3) is 5.91 Å². The van der Waals surface area contributed by atoms with Crippen LogP contribution in [0.15, 0.2) is 59.8 Å². The normalized spacial score (nSPS) is 18.2. The van der Waals surface area contributed by atoms with E-state index in [0.717, 1.165) is 28.0 Å². The average molecular weight is 526 g/mol. The Morgan fingerprint density at radius 3 is 2.41 bits per heavy atom. The predicted molar refractivity (Wildman–Crippen MR) is 117 cm³/mol. The van der Waals surface area contributed by atoms with Crippen molar-refractivity contribution in [3.8, 4) is 0 Å². The number of nitrogens with zero attached hydrogens (tertiary/aromatic N) is 2. The molecular formula is C24H20F6N4O3. The van der Waals surface area contributed by atoms with Gasteiger partial charge in [-0.2, -0.15) is 26.3 Å². The van der Waals surface area contributed by atoms with Crippen molar-refractivity contribution in [2.75, 3.05) is 20.1 Å². The number of likely N-dealkylation sites (N-methyl/N-ethyl adjacent to an activating group) is 1. The number of carbonyl (C=O) groups excluding carboxylic acids is 3. The Kier molecular flexibility index (Phi) is 6.65. The van der Waals surface area contributed by atoms with Gasteiger partial charge >= 0.3 is 18.4 Å². The number of hydrogen-bond donors (Lipinski definition) is 2. The quantitative estimate of drug-likeness (QED) is 0.582. The van der Waals surface area contributed by atoms with Crippen molar-refractivity contribution in [2.45, 2.75) is 24.9 Å². The molecule has 0 bridgehead atoms. The van der Waals surface area contributed by atoms with Crippen LogP contribution in [0.4, 0.5) is 31.1 Å². The van der Waals surface area contributed by atoms with Gasteiger partial charge in [0.15, 0.2) is 0 Å². The van der Waals surface area contributed by atoms with Crippen LogP contribution in [0.5, 0.6) is 0 Å². The molecule has 2 heterocycles. The van der Waals surface area contributed by atoms with Crippen LogP contribution >= 0.6 is 0 Å². The molecule has 0 unspecified atom stereocenters. The Hall–Kier alpha value is -4.03. The minimum atomic E-state index is -4.74. The zero-order valence-corrected chi connectivity index (χ0v) is 19.2. The first-order valence-electron chi connectivity index (χ1n) is 10.9. The van der Waals surface area contributed by atoms with Gasteiger partial charge in [0.1, 0.15) is 6.54 Å². The van der Waals surface area contributed by atoms with Gasteiger partial charge in [0.2, 0.25) is 5.91 Å². The Balaban J connectivity index is 1.51. The molecule has 4 rings (SSSR count). The van der Waals surface area contributed by atoms with Crippen LogP contribution in [0.2, 0.25) is 0 Å². The van der Waals surface area contributed by atoms with Gasteiger partial charge in [-0.25, -0.2) is 4.79 Å². The lowest BCUT2D eigenvalue weighted by molar-refractivity contribution is -0.139. The molecular weight excluding hydrogens is 506 g/mol. The van der Waals surface area contributed by atoms with Crippen LogP contribution in [-0.4, -0.2) is 47.8 Å². The largest absolute Gasteiger partial charge is 0.416 e. The van der Waals surface area contributed by atoms with E-state index in [1.165, 1.54) is 37.4 Å². The Bertz CT molecular complexity index is 1290. The fourth-order valence-electron chi connectivity index (χ4n) is 4.28. The number of nitrogens with one attached hydrogen (secondary N) is 2. The SMILES string of the molecule is CN1C(=O)N[C@@H](c2ccccc2C(F)(F)F)C2=C1CN(CC(=O)NCc1cccc(C(F)(F)F)c1)C2=O. The fraction of sp³-hybridized carbons (Fsp3) is 0.292. The molecule has 2 aliphatic heterocycles. The lowest BCUT2D eigenvalue weighted by Gasteiger charge is -2.32. The third-order valence-corrected chi connectivity index (χ3v) is 6.09. The molecule has 7 nitrogen and oxygen atoms in total. The number of hydrogen-bond acceptors (Lipinski definition) is 3. The number of urea groups is 1. The van der Waals surface area contributed by atoms with Crippen LogP contribution in [0.25, 0.3) is 0 Å². The van der Waals surface area contributed by atoms with Crippen molar-refractivity contribution in [2.24, 2.45) is 0 Å². The van der Waals surface area contributed by atoms with Crippen LogP contribution in [0.1, 0.15) is 28.3 Å². The topological polar surface area (TPSA) is 81.8 Å². The molecule has 4 amide bonds. The number of alkyl halides is 6. The van der Waals surface area contributed by atoms with Gasteiger partial charge in [0, 0.05) is 13.6 Å². The highest BCUT2D eigenvalue weighted by Gasteiger charge is 2.46. The maximum Gasteiger partial charge on any atom is 0.416 e. The molecule has 0 radical (unpaired) electrons. The maximum atomic E-state index is 13.6. The van der Waals surface area contributed by atoms with Gasteiger partial charge in [-0.1, -0.05) is 30.3 Å². The lowest BCUT2D eigenvalue weighted by atomic mass is 9.92. The molecule has 1 atom stereocenters. The first-order chi connectivity index (χ1) is 17.3. The van der Waals surface area contributed by atoms with Gasteiger partial charge < -0.3 is 15.5 Å². The number of amides is 4. The predicted octanol–water partition coefficient (Wildman–Crippen LogP) is 3.83. The molecule has 196 valence electrons. The molecule has 2 aromatic carbocycles. The molecule has 0 spiro atoms. The van der Waals surface area contributed by atoms with Gasteiger partial charge in [-0.3, -0.25) is 14.5 Å². The highest BCUT2D eigenvalue weighted by molar-refractivity contribution is 6.03. The smallest absolute Gasteiger partial charge is 0.350 e. The van der Waals surface area contributed by atoms with Crippen LogP contribution in [0, 0.1) is 0 Å². The van der Waals surface area contributed by atoms with Crippen molar-refractivity contribution in [3.05, 3.63) is 82.1 Å². The average Bonchev–Trinajstić information content (AvgIpc) is 3.15. The van der Waals surface area contributed by atoms with Crippen LogP contribution < -0.4 is 10.6 Å². The molecule has 13 heteroatoms. The summed E-state index contributed by atoms with van der Waals surface area (Å²) in [5.74, 6) is -1.43. The molecule has 0 aromatic heterocycles.